The number of carbonyl (C=O) groups is 1. The molecule has 27 heavy (non-hydrogen) atoms. The maximum absolute atomic E-state index is 12.7. The van der Waals surface area contributed by atoms with Crippen LogP contribution in [0.4, 0.5) is 0 Å². The minimum atomic E-state index is -0.0601. The lowest BCUT2D eigenvalue weighted by atomic mass is 9.74. The lowest BCUT2D eigenvalue weighted by molar-refractivity contribution is -0.126. The number of benzene rings is 1. The second-order valence-corrected chi connectivity index (χ2v) is 7.69. The highest BCUT2D eigenvalue weighted by Crippen LogP contribution is 2.35. The van der Waals surface area contributed by atoms with Gasteiger partial charge in [-0.3, -0.25) is 4.79 Å². The van der Waals surface area contributed by atoms with Gasteiger partial charge in [0.25, 0.3) is 0 Å². The Morgan fingerprint density at radius 1 is 1.26 bits per heavy atom. The molecule has 0 bridgehead atoms. The first-order valence-electron chi connectivity index (χ1n) is 9.97. The molecule has 3 N–H and O–H groups in total. The highest BCUT2D eigenvalue weighted by Gasteiger charge is 2.36. The summed E-state index contributed by atoms with van der Waals surface area (Å²) in [6.45, 7) is 4.78. The third-order valence-corrected chi connectivity index (χ3v) is 5.91. The molecule has 0 aromatic heterocycles. The van der Waals surface area contributed by atoms with Crippen molar-refractivity contribution in [1.82, 2.24) is 5.32 Å². The van der Waals surface area contributed by atoms with Crippen molar-refractivity contribution in [2.45, 2.75) is 56.9 Å². The van der Waals surface area contributed by atoms with Crippen molar-refractivity contribution in [3.8, 4) is 5.75 Å². The van der Waals surface area contributed by atoms with Gasteiger partial charge in [-0.15, -0.1) is 12.4 Å². The molecule has 2 fully saturated rings. The lowest BCUT2D eigenvalue weighted by Crippen LogP contribution is -2.47. The smallest absolute Gasteiger partial charge is 0.223 e. The highest BCUT2D eigenvalue weighted by atomic mass is 35.5. The monoisotopic (exact) mass is 396 g/mol. The van der Waals surface area contributed by atoms with E-state index in [1.165, 1.54) is 5.56 Å². The number of halogens is 1. The molecular weight excluding hydrogens is 364 g/mol. The summed E-state index contributed by atoms with van der Waals surface area (Å²) in [6.07, 6.45) is 5.70. The summed E-state index contributed by atoms with van der Waals surface area (Å²) in [7, 11) is 0. The number of nitrogens with one attached hydrogen (secondary N) is 1. The molecule has 1 aromatic carbocycles. The number of ether oxygens (including phenoxy) is 2. The molecule has 2 atom stereocenters. The molecule has 3 rings (SSSR count). The molecule has 1 heterocycles. The first-order chi connectivity index (χ1) is 12.6. The second-order valence-electron chi connectivity index (χ2n) is 7.69. The molecule has 6 heteroatoms. The Balaban J connectivity index is 0.00000261. The number of carbonyl (C=O) groups excluding carboxylic acids is 1. The SMILES string of the molecule is CCOc1ccc(C2(CNC(=O)C3CCCC(N)C3)CCOCC2)cc1.Cl. The van der Waals surface area contributed by atoms with Crippen LogP contribution in [-0.4, -0.2) is 38.3 Å². The first-order valence-corrected chi connectivity index (χ1v) is 9.97. The van der Waals surface area contributed by atoms with E-state index in [9.17, 15) is 4.79 Å². The van der Waals surface area contributed by atoms with E-state index in [-0.39, 0.29) is 35.7 Å². The Labute approximate surface area is 168 Å². The van der Waals surface area contributed by atoms with Crippen LogP contribution in [0.2, 0.25) is 0 Å². The zero-order chi connectivity index (χ0) is 18.4. The van der Waals surface area contributed by atoms with E-state index in [2.05, 4.69) is 17.4 Å². The quantitative estimate of drug-likeness (QED) is 0.774. The van der Waals surface area contributed by atoms with Crippen molar-refractivity contribution in [1.29, 1.82) is 0 Å². The first kappa shape index (κ1) is 22.0. The van der Waals surface area contributed by atoms with Crippen LogP contribution in [0.1, 0.15) is 51.0 Å². The van der Waals surface area contributed by atoms with E-state index >= 15 is 0 Å². The minimum Gasteiger partial charge on any atom is -0.494 e. The standard InChI is InChI=1S/C21H32N2O3.ClH/c1-2-26-19-8-6-17(7-9-19)21(10-12-25-13-11-21)15-23-20(24)16-4-3-5-18(22)14-16;/h6-9,16,18H,2-5,10-15,22H2,1H3,(H,23,24);1H. The fourth-order valence-corrected chi connectivity index (χ4v) is 4.27. The molecule has 0 radical (unpaired) electrons. The van der Waals surface area contributed by atoms with Crippen LogP contribution in [0, 0.1) is 5.92 Å². The Morgan fingerprint density at radius 2 is 1.96 bits per heavy atom. The topological polar surface area (TPSA) is 73.6 Å². The third-order valence-electron chi connectivity index (χ3n) is 5.91. The molecule has 1 amide bonds. The van der Waals surface area contributed by atoms with Gasteiger partial charge in [0.2, 0.25) is 5.91 Å². The average Bonchev–Trinajstić information content (AvgIpc) is 2.68. The molecule has 0 spiro atoms. The molecule has 2 aliphatic rings. The number of amides is 1. The molecular formula is C21H33ClN2O3. The Hall–Kier alpha value is -1.30. The van der Waals surface area contributed by atoms with E-state index in [0.717, 1.165) is 57.5 Å². The lowest BCUT2D eigenvalue weighted by Gasteiger charge is -2.38. The van der Waals surface area contributed by atoms with Crippen LogP contribution >= 0.6 is 12.4 Å². The molecule has 1 saturated carbocycles. The number of nitrogens with two attached hydrogens (primary N) is 1. The van der Waals surface area contributed by atoms with Crippen LogP contribution in [0.5, 0.6) is 5.75 Å². The van der Waals surface area contributed by atoms with Gasteiger partial charge < -0.3 is 20.5 Å². The van der Waals surface area contributed by atoms with Crippen molar-refractivity contribution < 1.29 is 14.3 Å². The van der Waals surface area contributed by atoms with Gasteiger partial charge in [0.15, 0.2) is 0 Å². The van der Waals surface area contributed by atoms with Gasteiger partial charge in [0, 0.05) is 37.1 Å². The van der Waals surface area contributed by atoms with E-state index in [4.69, 9.17) is 15.2 Å². The van der Waals surface area contributed by atoms with Crippen molar-refractivity contribution >= 4 is 18.3 Å². The van der Waals surface area contributed by atoms with Crippen LogP contribution < -0.4 is 15.8 Å². The number of rotatable bonds is 6. The molecule has 1 saturated heterocycles. The normalized spacial score (nSPS) is 24.5. The van der Waals surface area contributed by atoms with Crippen molar-refractivity contribution in [3.63, 3.8) is 0 Å². The summed E-state index contributed by atoms with van der Waals surface area (Å²) < 4.78 is 11.2. The van der Waals surface area contributed by atoms with Gasteiger partial charge in [-0.2, -0.15) is 0 Å². The summed E-state index contributed by atoms with van der Waals surface area (Å²) in [6, 6.07) is 8.50. The molecule has 5 nitrogen and oxygen atoms in total. The molecule has 1 aliphatic carbocycles. The van der Waals surface area contributed by atoms with E-state index in [0.29, 0.717) is 13.2 Å². The van der Waals surface area contributed by atoms with Gasteiger partial charge in [-0.25, -0.2) is 0 Å². The van der Waals surface area contributed by atoms with Crippen LogP contribution in [0.25, 0.3) is 0 Å². The van der Waals surface area contributed by atoms with Gasteiger partial charge >= 0.3 is 0 Å². The molecule has 1 aliphatic heterocycles. The van der Waals surface area contributed by atoms with Gasteiger partial charge in [-0.1, -0.05) is 18.6 Å². The van der Waals surface area contributed by atoms with Crippen LogP contribution in [-0.2, 0) is 14.9 Å². The highest BCUT2D eigenvalue weighted by molar-refractivity contribution is 5.85. The van der Waals surface area contributed by atoms with E-state index in [1.54, 1.807) is 0 Å². The van der Waals surface area contributed by atoms with Crippen molar-refractivity contribution in [2.75, 3.05) is 26.4 Å². The minimum absolute atomic E-state index is 0. The summed E-state index contributed by atoms with van der Waals surface area (Å²) in [5.74, 6) is 1.12. The van der Waals surface area contributed by atoms with Crippen molar-refractivity contribution in [3.05, 3.63) is 29.8 Å². The van der Waals surface area contributed by atoms with Gasteiger partial charge in [0.05, 0.1) is 6.61 Å². The summed E-state index contributed by atoms with van der Waals surface area (Å²) in [5.41, 5.74) is 7.24. The summed E-state index contributed by atoms with van der Waals surface area (Å²) in [5, 5.41) is 3.24. The third kappa shape index (κ3) is 5.59. The molecule has 1 aromatic rings. The Kier molecular flexibility index (Phi) is 8.39. The maximum Gasteiger partial charge on any atom is 0.223 e. The van der Waals surface area contributed by atoms with E-state index < -0.39 is 0 Å². The number of hydrogen-bond acceptors (Lipinski definition) is 4. The summed E-state index contributed by atoms with van der Waals surface area (Å²) in [4.78, 5) is 12.7. The fourth-order valence-electron chi connectivity index (χ4n) is 4.27. The van der Waals surface area contributed by atoms with Gasteiger partial charge in [0.1, 0.15) is 5.75 Å². The van der Waals surface area contributed by atoms with Crippen LogP contribution in [0.15, 0.2) is 24.3 Å². The predicted octanol–water partition coefficient (Wildman–Crippen LogP) is 3.19. The second kappa shape index (κ2) is 10.3. The molecule has 152 valence electrons. The maximum atomic E-state index is 12.7. The number of hydrogen-bond donors (Lipinski definition) is 2. The predicted molar refractivity (Wildman–Crippen MR) is 110 cm³/mol. The fraction of sp³-hybridized carbons (Fsp3) is 0.667. The van der Waals surface area contributed by atoms with Gasteiger partial charge in [-0.05, 0) is 56.7 Å². The van der Waals surface area contributed by atoms with Crippen molar-refractivity contribution in [2.24, 2.45) is 11.7 Å². The Bertz CT molecular complexity index is 588. The Morgan fingerprint density at radius 3 is 2.59 bits per heavy atom. The summed E-state index contributed by atoms with van der Waals surface area (Å²) >= 11 is 0. The van der Waals surface area contributed by atoms with Crippen LogP contribution in [0.3, 0.4) is 0 Å². The largest absolute Gasteiger partial charge is 0.494 e. The average molecular weight is 397 g/mol. The zero-order valence-corrected chi connectivity index (χ0v) is 17.1. The molecule has 2 unspecified atom stereocenters. The zero-order valence-electron chi connectivity index (χ0n) is 16.2. The van der Waals surface area contributed by atoms with E-state index in [1.807, 2.05) is 19.1 Å².